The number of sulfone groups is 1. The number of alkyl halides is 3. The minimum Gasteiger partial charge on any atom is -0.325 e. The van der Waals surface area contributed by atoms with Gasteiger partial charge >= 0.3 is 6.03 Å². The van der Waals surface area contributed by atoms with E-state index in [4.69, 9.17) is 0 Å². The number of likely N-dealkylation sites (tertiary alicyclic amines) is 1. The third-order valence-electron chi connectivity index (χ3n) is 5.24. The predicted molar refractivity (Wildman–Crippen MR) is 107 cm³/mol. The number of urea groups is 1. The highest BCUT2D eigenvalue weighted by molar-refractivity contribution is 7.91. The first-order valence-electron chi connectivity index (χ1n) is 9.74. The maximum Gasteiger partial charge on any atom is 0.321 e. The smallest absolute Gasteiger partial charge is 0.321 e. The molecule has 1 N–H and O–H groups in total. The Bertz CT molecular complexity index is 1020. The van der Waals surface area contributed by atoms with Crippen LogP contribution in [0.2, 0.25) is 0 Å². The Labute approximate surface area is 178 Å². The molecule has 0 aliphatic carbocycles. The molecule has 1 aliphatic heterocycles. The Balaban J connectivity index is 1.57. The van der Waals surface area contributed by atoms with Crippen LogP contribution in [-0.2, 0) is 16.9 Å². The van der Waals surface area contributed by atoms with Crippen molar-refractivity contribution in [2.75, 3.05) is 24.2 Å². The lowest BCUT2D eigenvalue weighted by atomic mass is 9.93. The summed E-state index contributed by atoms with van der Waals surface area (Å²) in [5, 5.41) is 6.19. The number of carbonyl (C=O) groups is 1. The molecule has 1 aliphatic rings. The molecule has 8 nitrogen and oxygen atoms in total. The van der Waals surface area contributed by atoms with Gasteiger partial charge in [-0.15, -0.1) is 0 Å². The molecule has 3 heterocycles. The SMILES string of the molecule is Cc1ccc(NC(=O)N2CCC(C(F)CS(=O)(=O)c3cn(C)nc3C(F)F)CC2)cn1. The van der Waals surface area contributed by atoms with Crippen molar-refractivity contribution >= 4 is 21.6 Å². The Morgan fingerprint density at radius 1 is 1.26 bits per heavy atom. The summed E-state index contributed by atoms with van der Waals surface area (Å²) in [5.74, 6) is -1.49. The lowest BCUT2D eigenvalue weighted by Crippen LogP contribution is -2.43. The molecule has 2 aromatic rings. The van der Waals surface area contributed by atoms with Crippen molar-refractivity contribution in [2.45, 2.75) is 37.3 Å². The van der Waals surface area contributed by atoms with Crippen LogP contribution in [0.15, 0.2) is 29.4 Å². The number of amides is 2. The number of halogens is 3. The van der Waals surface area contributed by atoms with Gasteiger partial charge < -0.3 is 10.2 Å². The Kier molecular flexibility index (Phi) is 6.87. The van der Waals surface area contributed by atoms with Crippen LogP contribution in [0, 0.1) is 12.8 Å². The van der Waals surface area contributed by atoms with E-state index in [2.05, 4.69) is 15.4 Å². The van der Waals surface area contributed by atoms with Gasteiger partial charge in [-0.1, -0.05) is 0 Å². The monoisotopic (exact) mass is 459 g/mol. The molecule has 2 amide bonds. The molecule has 1 unspecified atom stereocenters. The van der Waals surface area contributed by atoms with Gasteiger partial charge in [0, 0.05) is 32.0 Å². The number of piperidine rings is 1. The van der Waals surface area contributed by atoms with Crippen molar-refractivity contribution < 1.29 is 26.4 Å². The highest BCUT2D eigenvalue weighted by Gasteiger charge is 2.35. The average Bonchev–Trinajstić information content (AvgIpc) is 3.13. The predicted octanol–water partition coefficient (Wildman–Crippen LogP) is 3.12. The molecule has 2 aromatic heterocycles. The van der Waals surface area contributed by atoms with E-state index < -0.39 is 44.7 Å². The minimum absolute atomic E-state index is 0.255. The van der Waals surface area contributed by atoms with Crippen LogP contribution in [-0.4, -0.2) is 59.1 Å². The van der Waals surface area contributed by atoms with Crippen molar-refractivity contribution in [1.82, 2.24) is 19.7 Å². The summed E-state index contributed by atoms with van der Waals surface area (Å²) in [6.07, 6.45) is -1.77. The molecule has 0 aromatic carbocycles. The molecule has 170 valence electrons. The summed E-state index contributed by atoms with van der Waals surface area (Å²) in [4.78, 5) is 17.3. The summed E-state index contributed by atoms with van der Waals surface area (Å²) in [5.41, 5.74) is 0.486. The first kappa shape index (κ1) is 23.0. The van der Waals surface area contributed by atoms with Gasteiger partial charge in [0.15, 0.2) is 9.84 Å². The van der Waals surface area contributed by atoms with Crippen molar-refractivity contribution in [1.29, 1.82) is 0 Å². The second-order valence-corrected chi connectivity index (χ2v) is 9.60. The van der Waals surface area contributed by atoms with Gasteiger partial charge in [-0.2, -0.15) is 5.10 Å². The Morgan fingerprint density at radius 2 is 1.94 bits per heavy atom. The number of nitrogens with zero attached hydrogens (tertiary/aromatic N) is 4. The molecule has 31 heavy (non-hydrogen) atoms. The zero-order valence-electron chi connectivity index (χ0n) is 17.1. The molecule has 1 atom stereocenters. The maximum absolute atomic E-state index is 14.8. The quantitative estimate of drug-likeness (QED) is 0.716. The topological polar surface area (TPSA) is 97.2 Å². The fourth-order valence-electron chi connectivity index (χ4n) is 3.52. The molecule has 0 saturated carbocycles. The number of hydrogen-bond donors (Lipinski definition) is 1. The van der Waals surface area contributed by atoms with Crippen molar-refractivity contribution in [3.05, 3.63) is 35.9 Å². The second kappa shape index (κ2) is 9.25. The van der Waals surface area contributed by atoms with E-state index in [-0.39, 0.29) is 32.0 Å². The summed E-state index contributed by atoms with van der Waals surface area (Å²) in [6, 6.07) is 3.14. The van der Waals surface area contributed by atoms with Gasteiger partial charge in [-0.05, 0) is 37.8 Å². The van der Waals surface area contributed by atoms with Crippen molar-refractivity contribution in [3.8, 4) is 0 Å². The second-order valence-electron chi connectivity index (χ2n) is 7.59. The maximum atomic E-state index is 14.8. The van der Waals surface area contributed by atoms with Crippen LogP contribution >= 0.6 is 0 Å². The molecule has 1 saturated heterocycles. The number of aromatic nitrogens is 3. The van der Waals surface area contributed by atoms with Crippen LogP contribution in [0.25, 0.3) is 0 Å². The van der Waals surface area contributed by atoms with Crippen LogP contribution in [0.4, 0.5) is 23.7 Å². The van der Waals surface area contributed by atoms with Crippen LogP contribution in [0.3, 0.4) is 0 Å². The van der Waals surface area contributed by atoms with Gasteiger partial charge in [0.05, 0.1) is 17.6 Å². The number of nitrogens with one attached hydrogen (secondary N) is 1. The van der Waals surface area contributed by atoms with Crippen LogP contribution in [0.5, 0.6) is 0 Å². The first-order valence-corrected chi connectivity index (χ1v) is 11.4. The number of carbonyl (C=O) groups excluding carboxylic acids is 1. The minimum atomic E-state index is -4.28. The largest absolute Gasteiger partial charge is 0.325 e. The Hall–Kier alpha value is -2.63. The summed E-state index contributed by atoms with van der Waals surface area (Å²) in [7, 11) is -2.95. The lowest BCUT2D eigenvalue weighted by molar-refractivity contribution is 0.141. The number of rotatable bonds is 6. The number of aryl methyl sites for hydroxylation is 2. The summed E-state index contributed by atoms with van der Waals surface area (Å²) in [6.45, 7) is 2.34. The fraction of sp³-hybridized carbons (Fsp3) is 0.526. The van der Waals surface area contributed by atoms with E-state index in [0.29, 0.717) is 5.69 Å². The highest BCUT2D eigenvalue weighted by atomic mass is 32.2. The average molecular weight is 459 g/mol. The molecular weight excluding hydrogens is 435 g/mol. The standard InChI is InChI=1S/C19H24F3N5O3S/c1-12-3-4-14(9-23-12)24-19(28)27-7-5-13(6-8-27)15(20)11-31(29,30)16-10-26(2)25-17(16)18(21)22/h3-4,9-10,13,15,18H,5-8,11H2,1-2H3,(H,24,28). The van der Waals surface area contributed by atoms with Crippen molar-refractivity contribution in [3.63, 3.8) is 0 Å². The number of pyridine rings is 1. The number of anilines is 1. The number of hydrogen-bond acceptors (Lipinski definition) is 5. The van der Waals surface area contributed by atoms with E-state index in [1.807, 2.05) is 6.92 Å². The normalized spacial score (nSPS) is 16.5. The van der Waals surface area contributed by atoms with Gasteiger partial charge in [0.25, 0.3) is 6.43 Å². The van der Waals surface area contributed by atoms with E-state index in [1.54, 1.807) is 12.1 Å². The lowest BCUT2D eigenvalue weighted by Gasteiger charge is -2.33. The van der Waals surface area contributed by atoms with Crippen LogP contribution in [0.1, 0.15) is 30.7 Å². The zero-order chi connectivity index (χ0) is 22.8. The highest BCUT2D eigenvalue weighted by Crippen LogP contribution is 2.29. The summed E-state index contributed by atoms with van der Waals surface area (Å²) >= 11 is 0. The molecule has 3 rings (SSSR count). The van der Waals surface area contributed by atoms with Gasteiger partial charge in [0.2, 0.25) is 0 Å². The van der Waals surface area contributed by atoms with E-state index in [1.165, 1.54) is 18.1 Å². The Morgan fingerprint density at radius 3 is 2.52 bits per heavy atom. The van der Waals surface area contributed by atoms with E-state index >= 15 is 0 Å². The zero-order valence-corrected chi connectivity index (χ0v) is 17.9. The van der Waals surface area contributed by atoms with E-state index in [0.717, 1.165) is 16.6 Å². The molecule has 12 heteroatoms. The van der Waals surface area contributed by atoms with Gasteiger partial charge in [-0.25, -0.2) is 26.4 Å². The fourth-order valence-corrected chi connectivity index (χ4v) is 5.15. The van der Waals surface area contributed by atoms with Crippen molar-refractivity contribution in [2.24, 2.45) is 13.0 Å². The van der Waals surface area contributed by atoms with Crippen LogP contribution < -0.4 is 5.32 Å². The molecule has 0 radical (unpaired) electrons. The molecular formula is C19H24F3N5O3S. The van der Waals surface area contributed by atoms with E-state index in [9.17, 15) is 26.4 Å². The van der Waals surface area contributed by atoms with Gasteiger partial charge in [0.1, 0.15) is 16.8 Å². The molecule has 0 spiro atoms. The third kappa shape index (κ3) is 5.54. The van der Waals surface area contributed by atoms with Gasteiger partial charge in [-0.3, -0.25) is 9.67 Å². The summed E-state index contributed by atoms with van der Waals surface area (Å²) < 4.78 is 67.0. The first-order chi connectivity index (χ1) is 14.6. The third-order valence-corrected chi connectivity index (χ3v) is 6.99. The molecule has 0 bridgehead atoms. The molecule has 1 fully saturated rings.